The average Bonchev–Trinajstić information content (AvgIpc) is 2.54. The lowest BCUT2D eigenvalue weighted by molar-refractivity contribution is 0.587. The van der Waals surface area contributed by atoms with E-state index < -0.39 is 0 Å². The number of rotatable bonds is 3. The summed E-state index contributed by atoms with van der Waals surface area (Å²) in [4.78, 5) is 12.4. The van der Waals surface area contributed by atoms with Gasteiger partial charge in [0.05, 0.1) is 17.3 Å². The van der Waals surface area contributed by atoms with Gasteiger partial charge in [0.1, 0.15) is 0 Å². The molecule has 1 N–H and O–H groups in total. The Morgan fingerprint density at radius 1 is 1.13 bits per heavy atom. The fraction of sp³-hybridized carbons (Fsp3) is 0.353. The van der Waals surface area contributed by atoms with Crippen LogP contribution in [0.3, 0.4) is 0 Å². The molecule has 0 saturated carbocycles. The Kier molecular flexibility index (Phi) is 4.79. The molecule has 0 atom stereocenters. The van der Waals surface area contributed by atoms with E-state index >= 15 is 0 Å². The van der Waals surface area contributed by atoms with Gasteiger partial charge in [-0.15, -0.1) is 0 Å². The van der Waals surface area contributed by atoms with E-state index in [1.54, 1.807) is 0 Å². The van der Waals surface area contributed by atoms with Crippen molar-refractivity contribution in [1.82, 2.24) is 15.3 Å². The third-order valence-electron chi connectivity index (χ3n) is 3.71. The molecule has 1 aromatic carbocycles. The molecule has 2 aromatic rings. The standard InChI is InChI=1S/C17H19N5S/c1-12-9-13(2)21-17(20-12)23-16-10-14(11-18)3-4-15(16)22-7-5-19-6-8-22/h3-4,9-10,19H,5-8H2,1-2H3. The third-order valence-corrected chi connectivity index (χ3v) is 4.62. The van der Waals surface area contributed by atoms with Gasteiger partial charge in [0.25, 0.3) is 0 Å². The van der Waals surface area contributed by atoms with Crippen LogP contribution in [0.25, 0.3) is 0 Å². The summed E-state index contributed by atoms with van der Waals surface area (Å²) in [5, 5.41) is 13.3. The van der Waals surface area contributed by atoms with Gasteiger partial charge in [0.2, 0.25) is 0 Å². The van der Waals surface area contributed by atoms with Gasteiger partial charge >= 0.3 is 0 Å². The van der Waals surface area contributed by atoms with Crippen LogP contribution in [-0.2, 0) is 0 Å². The van der Waals surface area contributed by atoms with Gasteiger partial charge in [-0.05, 0) is 49.9 Å². The molecule has 0 amide bonds. The molecule has 3 rings (SSSR count). The second kappa shape index (κ2) is 6.99. The largest absolute Gasteiger partial charge is 0.368 e. The van der Waals surface area contributed by atoms with Crippen molar-refractivity contribution in [3.8, 4) is 6.07 Å². The summed E-state index contributed by atoms with van der Waals surface area (Å²) in [6, 6.07) is 10.0. The Labute approximate surface area is 140 Å². The topological polar surface area (TPSA) is 64.8 Å². The summed E-state index contributed by atoms with van der Waals surface area (Å²) in [7, 11) is 0. The number of nitrogens with zero attached hydrogens (tertiary/aromatic N) is 4. The quantitative estimate of drug-likeness (QED) is 0.875. The predicted molar refractivity (Wildman–Crippen MR) is 91.9 cm³/mol. The number of hydrogen-bond donors (Lipinski definition) is 1. The summed E-state index contributed by atoms with van der Waals surface area (Å²) in [6.07, 6.45) is 0. The van der Waals surface area contributed by atoms with E-state index in [4.69, 9.17) is 0 Å². The zero-order chi connectivity index (χ0) is 16.2. The molecular weight excluding hydrogens is 306 g/mol. The number of nitriles is 1. The number of anilines is 1. The maximum absolute atomic E-state index is 9.20. The zero-order valence-corrected chi connectivity index (χ0v) is 14.2. The molecule has 6 heteroatoms. The van der Waals surface area contributed by atoms with Crippen molar-refractivity contribution in [3.05, 3.63) is 41.2 Å². The Morgan fingerprint density at radius 2 is 1.83 bits per heavy atom. The van der Waals surface area contributed by atoms with Crippen molar-refractivity contribution in [1.29, 1.82) is 5.26 Å². The average molecular weight is 325 g/mol. The monoisotopic (exact) mass is 325 g/mol. The number of hydrogen-bond acceptors (Lipinski definition) is 6. The van der Waals surface area contributed by atoms with Gasteiger partial charge in [-0.2, -0.15) is 5.26 Å². The SMILES string of the molecule is Cc1cc(C)nc(Sc2cc(C#N)ccc2N2CCNCC2)n1. The van der Waals surface area contributed by atoms with E-state index in [1.165, 1.54) is 11.8 Å². The fourth-order valence-electron chi connectivity index (χ4n) is 2.67. The number of piperazine rings is 1. The minimum absolute atomic E-state index is 0.663. The summed E-state index contributed by atoms with van der Waals surface area (Å²) < 4.78 is 0. The van der Waals surface area contributed by atoms with Crippen LogP contribution < -0.4 is 10.2 Å². The van der Waals surface area contributed by atoms with Gasteiger partial charge < -0.3 is 10.2 Å². The van der Waals surface area contributed by atoms with Gasteiger partial charge in [-0.1, -0.05) is 0 Å². The third kappa shape index (κ3) is 3.81. The summed E-state index contributed by atoms with van der Waals surface area (Å²) in [6.45, 7) is 7.83. The van der Waals surface area contributed by atoms with E-state index in [9.17, 15) is 5.26 Å². The van der Waals surface area contributed by atoms with Gasteiger partial charge in [0.15, 0.2) is 5.16 Å². The molecule has 5 nitrogen and oxygen atoms in total. The molecular formula is C17H19N5S. The Hall–Kier alpha value is -2.10. The van der Waals surface area contributed by atoms with Crippen LogP contribution in [0.2, 0.25) is 0 Å². The molecule has 1 saturated heterocycles. The van der Waals surface area contributed by atoms with Crippen molar-refractivity contribution in [2.45, 2.75) is 23.9 Å². The van der Waals surface area contributed by atoms with Crippen LogP contribution in [-0.4, -0.2) is 36.1 Å². The lowest BCUT2D eigenvalue weighted by Crippen LogP contribution is -2.43. The Balaban J connectivity index is 1.96. The molecule has 1 aliphatic heterocycles. The van der Waals surface area contributed by atoms with E-state index in [0.29, 0.717) is 5.56 Å². The molecule has 23 heavy (non-hydrogen) atoms. The lowest BCUT2D eigenvalue weighted by Gasteiger charge is -2.31. The van der Waals surface area contributed by atoms with Crippen LogP contribution in [0.5, 0.6) is 0 Å². The highest BCUT2D eigenvalue weighted by atomic mass is 32.2. The first-order valence-electron chi connectivity index (χ1n) is 7.65. The second-order valence-corrected chi connectivity index (χ2v) is 6.58. The van der Waals surface area contributed by atoms with E-state index in [2.05, 4.69) is 26.3 Å². The van der Waals surface area contributed by atoms with Crippen molar-refractivity contribution < 1.29 is 0 Å². The maximum Gasteiger partial charge on any atom is 0.192 e. The van der Waals surface area contributed by atoms with Gasteiger partial charge in [-0.25, -0.2) is 9.97 Å². The zero-order valence-electron chi connectivity index (χ0n) is 13.3. The maximum atomic E-state index is 9.20. The van der Waals surface area contributed by atoms with E-state index in [0.717, 1.165) is 53.3 Å². The minimum atomic E-state index is 0.663. The van der Waals surface area contributed by atoms with E-state index in [-0.39, 0.29) is 0 Å². The fourth-order valence-corrected chi connectivity index (χ4v) is 3.73. The summed E-state index contributed by atoms with van der Waals surface area (Å²) in [5.74, 6) is 0. The van der Waals surface area contributed by atoms with Gasteiger partial charge in [-0.3, -0.25) is 0 Å². The first kappa shape index (κ1) is 15.8. The van der Waals surface area contributed by atoms with E-state index in [1.807, 2.05) is 38.1 Å². The molecule has 0 unspecified atom stereocenters. The summed E-state index contributed by atoms with van der Waals surface area (Å²) >= 11 is 1.53. The molecule has 0 aliphatic carbocycles. The molecule has 0 bridgehead atoms. The smallest absolute Gasteiger partial charge is 0.192 e. The molecule has 1 aliphatic rings. The summed E-state index contributed by atoms with van der Waals surface area (Å²) in [5.41, 5.74) is 3.73. The van der Waals surface area contributed by atoms with Crippen LogP contribution in [0.4, 0.5) is 5.69 Å². The molecule has 1 aromatic heterocycles. The van der Waals surface area contributed by atoms with Crippen LogP contribution >= 0.6 is 11.8 Å². The molecule has 1 fully saturated rings. The highest BCUT2D eigenvalue weighted by Crippen LogP contribution is 2.35. The van der Waals surface area contributed by atoms with Crippen LogP contribution in [0, 0.1) is 25.2 Å². The number of benzene rings is 1. The highest BCUT2D eigenvalue weighted by Gasteiger charge is 2.16. The highest BCUT2D eigenvalue weighted by molar-refractivity contribution is 7.99. The van der Waals surface area contributed by atoms with Crippen LogP contribution in [0.15, 0.2) is 34.3 Å². The second-order valence-electron chi connectivity index (χ2n) is 5.57. The van der Waals surface area contributed by atoms with Crippen molar-refractivity contribution >= 4 is 17.4 Å². The molecule has 118 valence electrons. The van der Waals surface area contributed by atoms with Crippen molar-refractivity contribution in [2.24, 2.45) is 0 Å². The first-order valence-corrected chi connectivity index (χ1v) is 8.47. The molecule has 0 spiro atoms. The minimum Gasteiger partial charge on any atom is -0.368 e. The number of aryl methyl sites for hydroxylation is 2. The van der Waals surface area contributed by atoms with Gasteiger partial charge in [0, 0.05) is 42.5 Å². The number of nitrogens with one attached hydrogen (secondary N) is 1. The first-order chi connectivity index (χ1) is 11.2. The molecule has 0 radical (unpaired) electrons. The van der Waals surface area contributed by atoms with Crippen molar-refractivity contribution in [2.75, 3.05) is 31.1 Å². The Bertz CT molecular complexity index is 727. The van der Waals surface area contributed by atoms with Crippen molar-refractivity contribution in [3.63, 3.8) is 0 Å². The number of aromatic nitrogens is 2. The Morgan fingerprint density at radius 3 is 2.48 bits per heavy atom. The molecule has 2 heterocycles. The lowest BCUT2D eigenvalue weighted by atomic mass is 10.2. The normalized spacial score (nSPS) is 14.6. The predicted octanol–water partition coefficient (Wildman–Crippen LogP) is 2.53. The van der Waals surface area contributed by atoms with Crippen LogP contribution in [0.1, 0.15) is 17.0 Å².